The summed E-state index contributed by atoms with van der Waals surface area (Å²) in [6.07, 6.45) is 5.07. The van der Waals surface area contributed by atoms with E-state index in [9.17, 15) is 4.79 Å². The van der Waals surface area contributed by atoms with Crippen LogP contribution in [0.3, 0.4) is 0 Å². The van der Waals surface area contributed by atoms with Crippen molar-refractivity contribution in [2.24, 2.45) is 23.2 Å². The van der Waals surface area contributed by atoms with Crippen LogP contribution in [0.5, 0.6) is 0 Å². The van der Waals surface area contributed by atoms with E-state index in [1.165, 1.54) is 25.7 Å². The predicted octanol–water partition coefficient (Wildman–Crippen LogP) is 2.17. The van der Waals surface area contributed by atoms with Crippen molar-refractivity contribution < 1.29 is 4.79 Å². The summed E-state index contributed by atoms with van der Waals surface area (Å²) < 4.78 is 0. The van der Waals surface area contributed by atoms with E-state index < -0.39 is 0 Å². The molecule has 0 aromatic heterocycles. The fraction of sp³-hybridized carbons (Fsp3) is 0.933. The molecule has 1 heterocycles. The first-order chi connectivity index (χ1) is 8.51. The molecule has 1 saturated heterocycles. The van der Waals surface area contributed by atoms with Gasteiger partial charge in [-0.1, -0.05) is 20.8 Å². The van der Waals surface area contributed by atoms with E-state index in [0.29, 0.717) is 11.8 Å². The molecule has 2 atom stereocenters. The van der Waals surface area contributed by atoms with Gasteiger partial charge in [-0.2, -0.15) is 0 Å². The zero-order valence-electron chi connectivity index (χ0n) is 12.1. The Kier molecular flexibility index (Phi) is 4.31. The molecule has 3 heteroatoms. The van der Waals surface area contributed by atoms with E-state index in [4.69, 9.17) is 0 Å². The molecule has 2 rings (SSSR count). The molecule has 18 heavy (non-hydrogen) atoms. The SMILES string of the molecule is CC(CNC(=O)C(C)(C)C1CCCNC1)C1CC1. The van der Waals surface area contributed by atoms with Gasteiger partial charge in [-0.3, -0.25) is 4.79 Å². The van der Waals surface area contributed by atoms with Crippen LogP contribution in [-0.4, -0.2) is 25.5 Å². The van der Waals surface area contributed by atoms with E-state index in [2.05, 4.69) is 31.4 Å². The molecule has 0 spiro atoms. The number of amides is 1. The monoisotopic (exact) mass is 252 g/mol. The summed E-state index contributed by atoms with van der Waals surface area (Å²) in [7, 11) is 0. The van der Waals surface area contributed by atoms with Gasteiger partial charge in [0, 0.05) is 12.0 Å². The van der Waals surface area contributed by atoms with Crippen molar-refractivity contribution in [2.45, 2.75) is 46.5 Å². The Labute approximate surface area is 111 Å². The predicted molar refractivity (Wildman–Crippen MR) is 74.3 cm³/mol. The quantitative estimate of drug-likeness (QED) is 0.787. The standard InChI is InChI=1S/C15H28N2O/c1-11(12-6-7-12)9-17-14(18)15(2,3)13-5-4-8-16-10-13/h11-13,16H,4-10H2,1-3H3,(H,17,18). The van der Waals surface area contributed by atoms with Crippen molar-refractivity contribution in [1.82, 2.24) is 10.6 Å². The van der Waals surface area contributed by atoms with Crippen LogP contribution < -0.4 is 10.6 Å². The van der Waals surface area contributed by atoms with E-state index >= 15 is 0 Å². The van der Waals surface area contributed by atoms with Crippen molar-refractivity contribution in [2.75, 3.05) is 19.6 Å². The van der Waals surface area contributed by atoms with E-state index in [1.807, 2.05) is 0 Å². The molecule has 2 aliphatic rings. The Hall–Kier alpha value is -0.570. The first kappa shape index (κ1) is 13.9. The van der Waals surface area contributed by atoms with Crippen molar-refractivity contribution in [3.8, 4) is 0 Å². The fourth-order valence-electron chi connectivity index (χ4n) is 2.97. The number of nitrogens with one attached hydrogen (secondary N) is 2. The molecule has 0 bridgehead atoms. The van der Waals surface area contributed by atoms with Crippen molar-refractivity contribution in [1.29, 1.82) is 0 Å². The molecular weight excluding hydrogens is 224 g/mol. The van der Waals surface area contributed by atoms with Crippen LogP contribution in [0.4, 0.5) is 0 Å². The van der Waals surface area contributed by atoms with Crippen molar-refractivity contribution in [3.05, 3.63) is 0 Å². The van der Waals surface area contributed by atoms with Gasteiger partial charge in [0.1, 0.15) is 0 Å². The summed E-state index contributed by atoms with van der Waals surface area (Å²) in [5.74, 6) is 2.23. The highest BCUT2D eigenvalue weighted by Gasteiger charge is 2.37. The lowest BCUT2D eigenvalue weighted by Crippen LogP contribution is -2.48. The van der Waals surface area contributed by atoms with Gasteiger partial charge in [-0.05, 0) is 56.5 Å². The Bertz CT molecular complexity index is 291. The summed E-state index contributed by atoms with van der Waals surface area (Å²) in [4.78, 5) is 12.4. The highest BCUT2D eigenvalue weighted by Crippen LogP contribution is 2.36. The van der Waals surface area contributed by atoms with Gasteiger partial charge in [-0.25, -0.2) is 0 Å². The summed E-state index contributed by atoms with van der Waals surface area (Å²) in [5, 5.41) is 6.58. The first-order valence-corrected chi connectivity index (χ1v) is 7.51. The molecule has 1 saturated carbocycles. The number of hydrogen-bond donors (Lipinski definition) is 2. The number of rotatable bonds is 5. The molecule has 0 aromatic carbocycles. The van der Waals surface area contributed by atoms with Crippen LogP contribution >= 0.6 is 0 Å². The molecular formula is C15H28N2O. The maximum absolute atomic E-state index is 12.4. The Morgan fingerprint density at radius 3 is 2.67 bits per heavy atom. The van der Waals surface area contributed by atoms with Gasteiger partial charge in [0.25, 0.3) is 0 Å². The first-order valence-electron chi connectivity index (χ1n) is 7.51. The van der Waals surface area contributed by atoms with E-state index in [1.54, 1.807) is 0 Å². The fourth-order valence-corrected chi connectivity index (χ4v) is 2.97. The van der Waals surface area contributed by atoms with E-state index in [0.717, 1.165) is 25.6 Å². The lowest BCUT2D eigenvalue weighted by molar-refractivity contribution is -0.132. The summed E-state index contributed by atoms with van der Waals surface area (Å²) in [6, 6.07) is 0. The number of carbonyl (C=O) groups is 1. The highest BCUT2D eigenvalue weighted by atomic mass is 16.2. The summed E-state index contributed by atoms with van der Waals surface area (Å²) in [5.41, 5.74) is -0.239. The van der Waals surface area contributed by atoms with Crippen LogP contribution in [0, 0.1) is 23.2 Å². The van der Waals surface area contributed by atoms with E-state index in [-0.39, 0.29) is 11.3 Å². The number of hydrogen-bond acceptors (Lipinski definition) is 2. The third-order valence-corrected chi connectivity index (χ3v) is 4.91. The van der Waals surface area contributed by atoms with Gasteiger partial charge in [0.15, 0.2) is 0 Å². The van der Waals surface area contributed by atoms with Gasteiger partial charge in [-0.15, -0.1) is 0 Å². The maximum Gasteiger partial charge on any atom is 0.225 e. The van der Waals surface area contributed by atoms with Gasteiger partial charge >= 0.3 is 0 Å². The number of piperidine rings is 1. The molecule has 1 aliphatic carbocycles. The topological polar surface area (TPSA) is 41.1 Å². The van der Waals surface area contributed by atoms with Crippen molar-refractivity contribution in [3.63, 3.8) is 0 Å². The van der Waals surface area contributed by atoms with Crippen LogP contribution in [0.2, 0.25) is 0 Å². The lowest BCUT2D eigenvalue weighted by atomic mass is 9.74. The third-order valence-electron chi connectivity index (χ3n) is 4.91. The second-order valence-corrected chi connectivity index (χ2v) is 6.79. The molecule has 1 aliphatic heterocycles. The smallest absolute Gasteiger partial charge is 0.225 e. The Balaban J connectivity index is 1.81. The number of carbonyl (C=O) groups excluding carboxylic acids is 1. The average Bonchev–Trinajstić information content (AvgIpc) is 3.20. The van der Waals surface area contributed by atoms with Gasteiger partial charge < -0.3 is 10.6 Å². The third kappa shape index (κ3) is 3.25. The van der Waals surface area contributed by atoms with Gasteiger partial charge in [0.05, 0.1) is 0 Å². The largest absolute Gasteiger partial charge is 0.355 e. The average molecular weight is 252 g/mol. The molecule has 1 amide bonds. The summed E-state index contributed by atoms with van der Waals surface area (Å²) >= 11 is 0. The highest BCUT2D eigenvalue weighted by molar-refractivity contribution is 5.82. The minimum atomic E-state index is -0.239. The molecule has 2 N–H and O–H groups in total. The minimum absolute atomic E-state index is 0.239. The molecule has 0 radical (unpaired) electrons. The Morgan fingerprint density at radius 2 is 2.11 bits per heavy atom. The minimum Gasteiger partial charge on any atom is -0.355 e. The molecule has 0 aromatic rings. The van der Waals surface area contributed by atoms with Crippen LogP contribution in [0.1, 0.15) is 46.5 Å². The second-order valence-electron chi connectivity index (χ2n) is 6.79. The van der Waals surface area contributed by atoms with Gasteiger partial charge in [0.2, 0.25) is 5.91 Å². The molecule has 2 unspecified atom stereocenters. The Morgan fingerprint density at radius 1 is 1.39 bits per heavy atom. The molecule has 3 nitrogen and oxygen atoms in total. The van der Waals surface area contributed by atoms with Crippen LogP contribution in [0.15, 0.2) is 0 Å². The molecule has 2 fully saturated rings. The maximum atomic E-state index is 12.4. The van der Waals surface area contributed by atoms with Crippen molar-refractivity contribution >= 4 is 5.91 Å². The van der Waals surface area contributed by atoms with Crippen LogP contribution in [0.25, 0.3) is 0 Å². The zero-order valence-corrected chi connectivity index (χ0v) is 12.1. The molecule has 104 valence electrons. The van der Waals surface area contributed by atoms with Crippen LogP contribution in [-0.2, 0) is 4.79 Å². The normalized spacial score (nSPS) is 26.7. The summed E-state index contributed by atoms with van der Waals surface area (Å²) in [6.45, 7) is 9.40. The zero-order chi connectivity index (χ0) is 13.2. The lowest BCUT2D eigenvalue weighted by Gasteiger charge is -2.36. The second kappa shape index (κ2) is 5.60.